The van der Waals surface area contributed by atoms with Gasteiger partial charge < -0.3 is 11.1 Å². The van der Waals surface area contributed by atoms with Gasteiger partial charge in [-0.2, -0.15) is 0 Å². The first-order chi connectivity index (χ1) is 4.36. The molecule has 1 heterocycles. The molecule has 2 nitrogen and oxygen atoms in total. The van der Waals surface area contributed by atoms with Crippen molar-refractivity contribution in [1.29, 1.82) is 0 Å². The number of nitrogens with two attached hydrogens (primary N) is 1. The molecule has 1 aliphatic rings. The van der Waals surface area contributed by atoms with Crippen molar-refractivity contribution in [2.75, 3.05) is 13.1 Å². The van der Waals surface area contributed by atoms with Gasteiger partial charge in [-0.1, -0.05) is 13.3 Å². The Balaban J connectivity index is 2.20. The highest BCUT2D eigenvalue weighted by Gasteiger charge is 2.20. The van der Waals surface area contributed by atoms with Crippen molar-refractivity contribution in [3.05, 3.63) is 0 Å². The van der Waals surface area contributed by atoms with E-state index in [1.807, 2.05) is 0 Å². The van der Waals surface area contributed by atoms with E-state index in [1.54, 1.807) is 0 Å². The molecule has 0 spiro atoms. The normalized spacial score (nSPS) is 35.3. The third-order valence-electron chi connectivity index (χ3n) is 2.17. The predicted molar refractivity (Wildman–Crippen MR) is 39.2 cm³/mol. The second-order valence-corrected chi connectivity index (χ2v) is 2.85. The Hall–Kier alpha value is -0.0800. The molecule has 0 bridgehead atoms. The molecule has 0 amide bonds. The van der Waals surface area contributed by atoms with Gasteiger partial charge in [-0.25, -0.2) is 0 Å². The SMILES string of the molecule is CC[C@@H]1CN[C@H](CN)C1. The van der Waals surface area contributed by atoms with Crippen LogP contribution in [0.3, 0.4) is 0 Å². The number of hydrogen-bond acceptors (Lipinski definition) is 2. The molecule has 0 unspecified atom stereocenters. The van der Waals surface area contributed by atoms with E-state index >= 15 is 0 Å². The molecule has 54 valence electrons. The first-order valence-corrected chi connectivity index (χ1v) is 3.80. The third-order valence-corrected chi connectivity index (χ3v) is 2.17. The summed E-state index contributed by atoms with van der Waals surface area (Å²) in [6.07, 6.45) is 2.58. The van der Waals surface area contributed by atoms with Gasteiger partial charge in [0.15, 0.2) is 0 Å². The summed E-state index contributed by atoms with van der Waals surface area (Å²) >= 11 is 0. The van der Waals surface area contributed by atoms with Crippen LogP contribution in [0.15, 0.2) is 0 Å². The average Bonchev–Trinajstić information content (AvgIpc) is 2.34. The molecule has 0 aromatic rings. The summed E-state index contributed by atoms with van der Waals surface area (Å²) in [5.41, 5.74) is 5.49. The zero-order valence-corrected chi connectivity index (χ0v) is 6.06. The maximum Gasteiger partial charge on any atom is 0.0193 e. The molecular weight excluding hydrogens is 112 g/mol. The molecule has 2 heteroatoms. The molecule has 3 N–H and O–H groups in total. The van der Waals surface area contributed by atoms with Gasteiger partial charge in [0.05, 0.1) is 0 Å². The van der Waals surface area contributed by atoms with Crippen molar-refractivity contribution in [3.63, 3.8) is 0 Å². The van der Waals surface area contributed by atoms with E-state index in [0.717, 1.165) is 12.5 Å². The predicted octanol–water partition coefficient (Wildman–Crippen LogP) is 0.333. The van der Waals surface area contributed by atoms with Gasteiger partial charge in [0.1, 0.15) is 0 Å². The Morgan fingerprint density at radius 1 is 1.67 bits per heavy atom. The van der Waals surface area contributed by atoms with Crippen molar-refractivity contribution < 1.29 is 0 Å². The van der Waals surface area contributed by atoms with E-state index in [-0.39, 0.29) is 0 Å². The Labute approximate surface area is 56.8 Å². The van der Waals surface area contributed by atoms with Crippen LogP contribution < -0.4 is 11.1 Å². The molecule has 1 rings (SSSR count). The minimum atomic E-state index is 0.606. The summed E-state index contributed by atoms with van der Waals surface area (Å²) in [7, 11) is 0. The Morgan fingerprint density at radius 2 is 2.44 bits per heavy atom. The van der Waals surface area contributed by atoms with Crippen LogP contribution in [0.25, 0.3) is 0 Å². The number of hydrogen-bond donors (Lipinski definition) is 2. The van der Waals surface area contributed by atoms with Crippen LogP contribution in [0.2, 0.25) is 0 Å². The van der Waals surface area contributed by atoms with Crippen LogP contribution in [0.5, 0.6) is 0 Å². The Morgan fingerprint density at radius 3 is 2.78 bits per heavy atom. The van der Waals surface area contributed by atoms with E-state index < -0.39 is 0 Å². The van der Waals surface area contributed by atoms with E-state index in [0.29, 0.717) is 6.04 Å². The molecule has 1 saturated heterocycles. The first-order valence-electron chi connectivity index (χ1n) is 3.80. The van der Waals surface area contributed by atoms with Crippen LogP contribution in [-0.4, -0.2) is 19.1 Å². The molecule has 9 heavy (non-hydrogen) atoms. The lowest BCUT2D eigenvalue weighted by molar-refractivity contribution is 0.540. The molecule has 2 atom stereocenters. The summed E-state index contributed by atoms with van der Waals surface area (Å²) in [6, 6.07) is 0.606. The van der Waals surface area contributed by atoms with Crippen LogP contribution >= 0.6 is 0 Å². The smallest absolute Gasteiger partial charge is 0.0193 e. The van der Waals surface area contributed by atoms with Crippen molar-refractivity contribution in [3.8, 4) is 0 Å². The van der Waals surface area contributed by atoms with Crippen molar-refractivity contribution in [2.45, 2.75) is 25.8 Å². The number of nitrogens with one attached hydrogen (secondary N) is 1. The van der Waals surface area contributed by atoms with Crippen LogP contribution in [-0.2, 0) is 0 Å². The highest BCUT2D eigenvalue weighted by Crippen LogP contribution is 2.15. The van der Waals surface area contributed by atoms with Crippen LogP contribution in [0.4, 0.5) is 0 Å². The molecule has 1 aliphatic heterocycles. The van der Waals surface area contributed by atoms with Gasteiger partial charge >= 0.3 is 0 Å². The number of rotatable bonds is 2. The fraction of sp³-hybridized carbons (Fsp3) is 1.00. The van der Waals surface area contributed by atoms with Crippen LogP contribution in [0, 0.1) is 5.92 Å². The molecule has 0 aliphatic carbocycles. The summed E-state index contributed by atoms with van der Waals surface area (Å²) in [5.74, 6) is 0.888. The lowest BCUT2D eigenvalue weighted by Gasteiger charge is -2.04. The summed E-state index contributed by atoms with van der Waals surface area (Å²) in [6.45, 7) is 4.22. The fourth-order valence-electron chi connectivity index (χ4n) is 1.39. The second-order valence-electron chi connectivity index (χ2n) is 2.85. The van der Waals surface area contributed by atoms with Gasteiger partial charge in [0.25, 0.3) is 0 Å². The minimum absolute atomic E-state index is 0.606. The molecule has 0 saturated carbocycles. The maximum atomic E-state index is 5.49. The zero-order valence-electron chi connectivity index (χ0n) is 6.06. The van der Waals surface area contributed by atoms with E-state index in [2.05, 4.69) is 12.2 Å². The van der Waals surface area contributed by atoms with Crippen molar-refractivity contribution in [2.24, 2.45) is 11.7 Å². The highest BCUT2D eigenvalue weighted by atomic mass is 15.0. The molecule has 0 aromatic heterocycles. The Kier molecular flexibility index (Phi) is 2.49. The topological polar surface area (TPSA) is 38.0 Å². The quantitative estimate of drug-likeness (QED) is 0.562. The van der Waals surface area contributed by atoms with Gasteiger partial charge in [-0.3, -0.25) is 0 Å². The first kappa shape index (κ1) is 7.03. The molecular formula is C7H16N2. The van der Waals surface area contributed by atoms with E-state index in [9.17, 15) is 0 Å². The highest BCUT2D eigenvalue weighted by molar-refractivity contribution is 4.80. The van der Waals surface area contributed by atoms with Crippen molar-refractivity contribution in [1.82, 2.24) is 5.32 Å². The fourth-order valence-corrected chi connectivity index (χ4v) is 1.39. The second kappa shape index (κ2) is 3.18. The summed E-state index contributed by atoms with van der Waals surface area (Å²) in [4.78, 5) is 0. The minimum Gasteiger partial charge on any atom is -0.329 e. The van der Waals surface area contributed by atoms with Gasteiger partial charge in [0, 0.05) is 12.6 Å². The van der Waals surface area contributed by atoms with Gasteiger partial charge in [-0.15, -0.1) is 0 Å². The summed E-state index contributed by atoms with van der Waals surface area (Å²) < 4.78 is 0. The molecule has 0 aromatic carbocycles. The van der Waals surface area contributed by atoms with Crippen molar-refractivity contribution >= 4 is 0 Å². The standard InChI is InChI=1S/C7H16N2/c1-2-6-3-7(4-8)9-5-6/h6-7,9H,2-5,8H2,1H3/t6-,7-/m0/s1. The lowest BCUT2D eigenvalue weighted by Crippen LogP contribution is -2.29. The monoisotopic (exact) mass is 128 g/mol. The Bertz CT molecular complexity index is 73.0. The molecule has 1 fully saturated rings. The van der Waals surface area contributed by atoms with Gasteiger partial charge in [-0.05, 0) is 18.9 Å². The average molecular weight is 128 g/mol. The third kappa shape index (κ3) is 1.66. The summed E-state index contributed by atoms with van der Waals surface area (Å²) in [5, 5.41) is 3.38. The molecule has 0 radical (unpaired) electrons. The lowest BCUT2D eigenvalue weighted by atomic mass is 10.0. The van der Waals surface area contributed by atoms with E-state index in [1.165, 1.54) is 19.4 Å². The van der Waals surface area contributed by atoms with Crippen LogP contribution in [0.1, 0.15) is 19.8 Å². The van der Waals surface area contributed by atoms with E-state index in [4.69, 9.17) is 5.73 Å². The largest absolute Gasteiger partial charge is 0.329 e. The van der Waals surface area contributed by atoms with Gasteiger partial charge in [0.2, 0.25) is 0 Å². The maximum absolute atomic E-state index is 5.49. The zero-order chi connectivity index (χ0) is 6.69.